The Labute approximate surface area is 146 Å². The first-order valence-electron chi connectivity index (χ1n) is 8.17. The van der Waals surface area contributed by atoms with E-state index in [-0.39, 0.29) is 5.63 Å². The summed E-state index contributed by atoms with van der Waals surface area (Å²) >= 11 is 1.86. The molecule has 0 fully saturated rings. The van der Waals surface area contributed by atoms with Crippen molar-refractivity contribution in [1.29, 1.82) is 0 Å². The van der Waals surface area contributed by atoms with Crippen molar-refractivity contribution in [2.75, 3.05) is 12.3 Å². The number of fused-ring (bicyclic) bond motifs is 1. The van der Waals surface area contributed by atoms with E-state index in [4.69, 9.17) is 4.42 Å². The zero-order valence-electron chi connectivity index (χ0n) is 14.0. The van der Waals surface area contributed by atoms with Gasteiger partial charge in [0, 0.05) is 27.7 Å². The summed E-state index contributed by atoms with van der Waals surface area (Å²) in [6, 6.07) is 16.2. The largest absolute Gasteiger partial charge is 0.422 e. The highest BCUT2D eigenvalue weighted by Gasteiger charge is 2.10. The summed E-state index contributed by atoms with van der Waals surface area (Å²) in [4.78, 5) is 13.2. The van der Waals surface area contributed by atoms with Crippen molar-refractivity contribution < 1.29 is 9.73 Å². The molecule has 24 heavy (non-hydrogen) atoms. The van der Waals surface area contributed by atoms with Crippen molar-refractivity contribution in [1.82, 2.24) is 0 Å². The van der Waals surface area contributed by atoms with Crippen LogP contribution in [0.4, 0.5) is 0 Å². The molecule has 0 bridgehead atoms. The van der Waals surface area contributed by atoms with Crippen LogP contribution in [0.3, 0.4) is 0 Å². The molecule has 0 atom stereocenters. The molecule has 0 aliphatic rings. The highest BCUT2D eigenvalue weighted by atomic mass is 32.2. The van der Waals surface area contributed by atoms with E-state index in [2.05, 4.69) is 41.7 Å². The molecule has 0 aliphatic heterocycles. The third-order valence-electron chi connectivity index (χ3n) is 4.22. The van der Waals surface area contributed by atoms with Crippen molar-refractivity contribution in [2.45, 2.75) is 25.3 Å². The highest BCUT2D eigenvalue weighted by Crippen LogP contribution is 2.22. The molecule has 0 aliphatic carbocycles. The predicted molar refractivity (Wildman–Crippen MR) is 99.6 cm³/mol. The lowest BCUT2D eigenvalue weighted by molar-refractivity contribution is -0.666. The van der Waals surface area contributed by atoms with Crippen LogP contribution in [-0.4, -0.2) is 12.3 Å². The second-order valence-electron chi connectivity index (χ2n) is 5.92. The van der Waals surface area contributed by atoms with Gasteiger partial charge >= 0.3 is 5.63 Å². The summed E-state index contributed by atoms with van der Waals surface area (Å²) in [6.45, 7) is 5.84. The Morgan fingerprint density at radius 2 is 1.88 bits per heavy atom. The SMILES string of the molecule is Cc1ccc2c(C[NH2+]CCSc3ccccc3)cc(=O)oc2c1C. The minimum atomic E-state index is -0.265. The molecule has 2 aromatic carbocycles. The average molecular weight is 340 g/mol. The van der Waals surface area contributed by atoms with Crippen LogP contribution in [0, 0.1) is 13.8 Å². The van der Waals surface area contributed by atoms with Gasteiger partial charge < -0.3 is 9.73 Å². The molecule has 0 saturated heterocycles. The molecular formula is C20H22NO2S+. The lowest BCUT2D eigenvalue weighted by atomic mass is 10.0. The maximum atomic E-state index is 11.9. The van der Waals surface area contributed by atoms with Gasteiger partial charge in [0.05, 0.1) is 6.54 Å². The molecule has 0 amide bonds. The fourth-order valence-corrected chi connectivity index (χ4v) is 3.60. The Bertz CT molecular complexity index is 887. The Morgan fingerprint density at radius 3 is 2.67 bits per heavy atom. The van der Waals surface area contributed by atoms with E-state index in [0.29, 0.717) is 0 Å². The normalized spacial score (nSPS) is 11.1. The number of nitrogens with two attached hydrogens (primary N) is 1. The van der Waals surface area contributed by atoms with E-state index in [9.17, 15) is 4.79 Å². The summed E-state index contributed by atoms with van der Waals surface area (Å²) in [7, 11) is 0. The fourth-order valence-electron chi connectivity index (χ4n) is 2.73. The zero-order valence-corrected chi connectivity index (χ0v) is 14.9. The maximum Gasteiger partial charge on any atom is 0.336 e. The van der Waals surface area contributed by atoms with Gasteiger partial charge in [-0.3, -0.25) is 0 Å². The fraction of sp³-hybridized carbons (Fsp3) is 0.250. The van der Waals surface area contributed by atoms with Gasteiger partial charge in [-0.2, -0.15) is 0 Å². The van der Waals surface area contributed by atoms with E-state index in [1.807, 2.05) is 31.7 Å². The minimum absolute atomic E-state index is 0.265. The average Bonchev–Trinajstić information content (AvgIpc) is 2.59. The van der Waals surface area contributed by atoms with Crippen LogP contribution >= 0.6 is 11.8 Å². The van der Waals surface area contributed by atoms with Gasteiger partial charge in [-0.1, -0.05) is 30.3 Å². The molecule has 1 aromatic heterocycles. The molecule has 124 valence electrons. The van der Waals surface area contributed by atoms with Crippen LogP contribution in [0.1, 0.15) is 16.7 Å². The molecule has 4 heteroatoms. The van der Waals surface area contributed by atoms with E-state index >= 15 is 0 Å². The molecule has 0 unspecified atom stereocenters. The predicted octanol–water partition coefficient (Wildman–Crippen LogP) is 3.27. The number of rotatable bonds is 6. The van der Waals surface area contributed by atoms with E-state index < -0.39 is 0 Å². The second kappa shape index (κ2) is 7.69. The summed E-state index contributed by atoms with van der Waals surface area (Å²) in [5, 5.41) is 3.30. The topological polar surface area (TPSA) is 46.8 Å². The molecular weight excluding hydrogens is 318 g/mol. The van der Waals surface area contributed by atoms with E-state index in [0.717, 1.165) is 46.5 Å². The summed E-state index contributed by atoms with van der Waals surface area (Å²) in [5.41, 5.74) is 3.70. The summed E-state index contributed by atoms with van der Waals surface area (Å²) < 4.78 is 5.43. The van der Waals surface area contributed by atoms with Gasteiger partial charge in [0.25, 0.3) is 0 Å². The summed E-state index contributed by atoms with van der Waals surface area (Å²) in [6.07, 6.45) is 0. The van der Waals surface area contributed by atoms with E-state index in [1.165, 1.54) is 4.90 Å². The number of hydrogen-bond acceptors (Lipinski definition) is 3. The third-order valence-corrected chi connectivity index (χ3v) is 5.26. The smallest absolute Gasteiger partial charge is 0.336 e. The van der Waals surface area contributed by atoms with Crippen molar-refractivity contribution in [2.24, 2.45) is 0 Å². The van der Waals surface area contributed by atoms with Crippen molar-refractivity contribution in [3.63, 3.8) is 0 Å². The number of hydrogen-bond donors (Lipinski definition) is 1. The van der Waals surface area contributed by atoms with Gasteiger partial charge in [-0.15, -0.1) is 11.8 Å². The lowest BCUT2D eigenvalue weighted by Gasteiger charge is -2.08. The van der Waals surface area contributed by atoms with Crippen LogP contribution in [0.2, 0.25) is 0 Å². The Balaban J connectivity index is 1.65. The first-order valence-corrected chi connectivity index (χ1v) is 9.16. The third kappa shape index (κ3) is 3.89. The first kappa shape index (κ1) is 16.8. The van der Waals surface area contributed by atoms with E-state index in [1.54, 1.807) is 6.07 Å². The molecule has 2 N–H and O–H groups in total. The first-order chi connectivity index (χ1) is 11.6. The highest BCUT2D eigenvalue weighted by molar-refractivity contribution is 7.99. The second-order valence-corrected chi connectivity index (χ2v) is 7.09. The molecule has 1 heterocycles. The Morgan fingerprint density at radius 1 is 1.08 bits per heavy atom. The van der Waals surface area contributed by atoms with Crippen molar-refractivity contribution >= 4 is 22.7 Å². The van der Waals surface area contributed by atoms with Gasteiger partial charge in [0.15, 0.2) is 0 Å². The quantitative estimate of drug-likeness (QED) is 0.426. The summed E-state index contributed by atoms with van der Waals surface area (Å²) in [5.74, 6) is 1.04. The monoisotopic (exact) mass is 340 g/mol. The number of thioether (sulfide) groups is 1. The van der Waals surface area contributed by atoms with Crippen LogP contribution in [0.25, 0.3) is 11.0 Å². The van der Waals surface area contributed by atoms with Gasteiger partial charge in [-0.25, -0.2) is 4.79 Å². The number of aryl methyl sites for hydroxylation is 2. The zero-order chi connectivity index (χ0) is 16.9. The van der Waals surface area contributed by atoms with Gasteiger partial charge in [-0.05, 0) is 37.1 Å². The number of quaternary nitrogens is 1. The van der Waals surface area contributed by atoms with Crippen LogP contribution in [0.15, 0.2) is 62.6 Å². The van der Waals surface area contributed by atoms with Crippen molar-refractivity contribution in [3.05, 3.63) is 75.6 Å². The van der Waals surface area contributed by atoms with Gasteiger partial charge in [0.2, 0.25) is 0 Å². The standard InChI is InChI=1S/C20H21NO2S/c1-14-8-9-18-16(12-19(22)23-20(18)15(14)2)13-21-10-11-24-17-6-4-3-5-7-17/h3-9,12,21H,10-11,13H2,1-2H3/p+1. The van der Waals surface area contributed by atoms with Gasteiger partial charge in [0.1, 0.15) is 12.1 Å². The molecule has 3 nitrogen and oxygen atoms in total. The maximum absolute atomic E-state index is 11.9. The molecule has 0 saturated carbocycles. The minimum Gasteiger partial charge on any atom is -0.422 e. The van der Waals surface area contributed by atoms with Crippen molar-refractivity contribution in [3.8, 4) is 0 Å². The molecule has 3 rings (SSSR count). The molecule has 0 spiro atoms. The molecule has 3 aromatic rings. The van der Waals surface area contributed by atoms with Crippen LogP contribution < -0.4 is 10.9 Å². The van der Waals surface area contributed by atoms with Crippen LogP contribution in [0.5, 0.6) is 0 Å². The lowest BCUT2D eigenvalue weighted by Crippen LogP contribution is -2.83. The Kier molecular flexibility index (Phi) is 5.38. The molecule has 0 radical (unpaired) electrons. The Hall–Kier alpha value is -2.04. The number of benzene rings is 2. The van der Waals surface area contributed by atoms with Crippen LogP contribution in [-0.2, 0) is 6.54 Å².